The summed E-state index contributed by atoms with van der Waals surface area (Å²) in [6.07, 6.45) is 4.81. The number of ether oxygens (including phenoxy) is 1. The van der Waals surface area contributed by atoms with Gasteiger partial charge in [-0.15, -0.1) is 0 Å². The van der Waals surface area contributed by atoms with E-state index in [2.05, 4.69) is 34.5 Å². The molecule has 3 aromatic rings. The first kappa shape index (κ1) is 27.6. The van der Waals surface area contributed by atoms with E-state index >= 15 is 0 Å². The molecule has 2 amide bonds. The summed E-state index contributed by atoms with van der Waals surface area (Å²) >= 11 is 0. The van der Waals surface area contributed by atoms with Gasteiger partial charge >= 0.3 is 0 Å². The van der Waals surface area contributed by atoms with Gasteiger partial charge in [0.05, 0.1) is 0 Å². The van der Waals surface area contributed by atoms with Crippen LogP contribution in [0.1, 0.15) is 51.4 Å². The van der Waals surface area contributed by atoms with Crippen LogP contribution < -0.4 is 5.32 Å². The number of hydrogen-bond acceptors (Lipinski definition) is 5. The molecule has 7 heteroatoms. The second kappa shape index (κ2) is 13.4. The first-order chi connectivity index (χ1) is 19.6. The predicted octanol–water partition coefficient (Wildman–Crippen LogP) is 5.15. The van der Waals surface area contributed by atoms with E-state index in [4.69, 9.17) is 4.74 Å². The SMILES string of the molecule is CCOCCCN1C(=O)c2ccccc2C1Nc1cccc(C(=O)N2CCN(CC=Cc3ccccc3)CC2)c1. The number of benzene rings is 3. The average molecular weight is 539 g/mol. The van der Waals surface area contributed by atoms with Crippen LogP contribution >= 0.6 is 0 Å². The normalized spacial score (nSPS) is 17.4. The quantitative estimate of drug-likeness (QED) is 0.342. The number of nitrogens with zero attached hydrogens (tertiary/aromatic N) is 3. The molecule has 0 spiro atoms. The summed E-state index contributed by atoms with van der Waals surface area (Å²) in [5.41, 5.74) is 4.35. The number of amides is 2. The van der Waals surface area contributed by atoms with Crippen LogP contribution in [0.5, 0.6) is 0 Å². The summed E-state index contributed by atoms with van der Waals surface area (Å²) in [5, 5.41) is 3.54. The van der Waals surface area contributed by atoms with Crippen molar-refractivity contribution in [1.82, 2.24) is 14.7 Å². The monoisotopic (exact) mass is 538 g/mol. The first-order valence-corrected chi connectivity index (χ1v) is 14.2. The summed E-state index contributed by atoms with van der Waals surface area (Å²) in [6.45, 7) is 7.82. The molecule has 0 aliphatic carbocycles. The summed E-state index contributed by atoms with van der Waals surface area (Å²) in [6, 6.07) is 25.7. The largest absolute Gasteiger partial charge is 0.382 e. The third-order valence-corrected chi connectivity index (χ3v) is 7.50. The molecular weight excluding hydrogens is 500 g/mol. The van der Waals surface area contributed by atoms with Crippen molar-refractivity contribution < 1.29 is 14.3 Å². The van der Waals surface area contributed by atoms with Crippen LogP contribution in [0, 0.1) is 0 Å². The molecule has 0 bridgehead atoms. The van der Waals surface area contributed by atoms with Gasteiger partial charge in [-0.05, 0) is 43.2 Å². The molecule has 40 heavy (non-hydrogen) atoms. The van der Waals surface area contributed by atoms with E-state index in [9.17, 15) is 9.59 Å². The van der Waals surface area contributed by atoms with Crippen LogP contribution in [0.2, 0.25) is 0 Å². The van der Waals surface area contributed by atoms with Crippen LogP contribution in [0.3, 0.4) is 0 Å². The van der Waals surface area contributed by atoms with Crippen LogP contribution in [0.25, 0.3) is 6.08 Å². The van der Waals surface area contributed by atoms with Crippen molar-refractivity contribution in [2.75, 3.05) is 57.8 Å². The predicted molar refractivity (Wildman–Crippen MR) is 159 cm³/mol. The fourth-order valence-corrected chi connectivity index (χ4v) is 5.36. The minimum absolute atomic E-state index is 0.0216. The number of nitrogens with one attached hydrogen (secondary N) is 1. The Labute approximate surface area is 237 Å². The standard InChI is InChI=1S/C33H38N4O3/c1-2-40-24-10-19-37-31(29-16-6-7-17-30(29)33(37)39)34-28-15-8-14-27(25-28)32(38)36-22-20-35(21-23-36)18-9-13-26-11-4-3-5-12-26/h3-9,11-17,25,31,34H,2,10,18-24H2,1H3. The van der Waals surface area contributed by atoms with Gasteiger partial charge in [0, 0.05) is 74.9 Å². The number of anilines is 1. The third kappa shape index (κ3) is 6.61. The van der Waals surface area contributed by atoms with Gasteiger partial charge in [-0.3, -0.25) is 14.5 Å². The lowest BCUT2D eigenvalue weighted by Crippen LogP contribution is -2.48. The molecule has 0 saturated carbocycles. The van der Waals surface area contributed by atoms with Gasteiger partial charge in [0.1, 0.15) is 6.17 Å². The second-order valence-electron chi connectivity index (χ2n) is 10.2. The fourth-order valence-electron chi connectivity index (χ4n) is 5.36. The van der Waals surface area contributed by atoms with E-state index in [0.717, 1.165) is 42.9 Å². The van der Waals surface area contributed by atoms with Crippen molar-refractivity contribution in [2.45, 2.75) is 19.5 Å². The summed E-state index contributed by atoms with van der Waals surface area (Å²) < 4.78 is 5.50. The Hall–Kier alpha value is -3.94. The van der Waals surface area contributed by atoms with Gasteiger partial charge in [0.25, 0.3) is 11.8 Å². The maximum Gasteiger partial charge on any atom is 0.256 e. The molecule has 7 nitrogen and oxygen atoms in total. The zero-order chi connectivity index (χ0) is 27.7. The average Bonchev–Trinajstić information content (AvgIpc) is 3.26. The molecule has 1 saturated heterocycles. The molecule has 1 fully saturated rings. The van der Waals surface area contributed by atoms with Crippen LogP contribution in [-0.4, -0.2) is 79.0 Å². The first-order valence-electron chi connectivity index (χ1n) is 14.2. The van der Waals surface area contributed by atoms with Gasteiger partial charge in [0.15, 0.2) is 0 Å². The molecule has 208 valence electrons. The Kier molecular flexibility index (Phi) is 9.26. The van der Waals surface area contributed by atoms with Crippen LogP contribution in [-0.2, 0) is 4.74 Å². The topological polar surface area (TPSA) is 65.1 Å². The van der Waals surface area contributed by atoms with Crippen molar-refractivity contribution in [3.8, 4) is 0 Å². The molecule has 2 aliphatic heterocycles. The van der Waals surface area contributed by atoms with Gasteiger partial charge < -0.3 is 19.9 Å². The maximum absolute atomic E-state index is 13.4. The Morgan fingerprint density at radius 1 is 0.975 bits per heavy atom. The minimum Gasteiger partial charge on any atom is -0.382 e. The molecule has 0 radical (unpaired) electrons. The molecule has 1 N–H and O–H groups in total. The van der Waals surface area contributed by atoms with Crippen molar-refractivity contribution >= 4 is 23.6 Å². The van der Waals surface area contributed by atoms with Crippen molar-refractivity contribution in [2.24, 2.45) is 0 Å². The van der Waals surface area contributed by atoms with E-state index in [1.807, 2.05) is 83.5 Å². The highest BCUT2D eigenvalue weighted by atomic mass is 16.5. The Morgan fingerprint density at radius 2 is 1.75 bits per heavy atom. The molecular formula is C33H38N4O3. The van der Waals surface area contributed by atoms with Crippen LogP contribution in [0.4, 0.5) is 5.69 Å². The lowest BCUT2D eigenvalue weighted by atomic mass is 10.1. The summed E-state index contributed by atoms with van der Waals surface area (Å²) in [5.74, 6) is 0.0629. The second-order valence-corrected chi connectivity index (χ2v) is 10.2. The molecule has 1 unspecified atom stereocenters. The molecule has 2 aliphatic rings. The fraction of sp³-hybridized carbons (Fsp3) is 0.333. The lowest BCUT2D eigenvalue weighted by molar-refractivity contribution is 0.0649. The third-order valence-electron chi connectivity index (χ3n) is 7.50. The van der Waals surface area contributed by atoms with E-state index in [1.54, 1.807) is 0 Å². The number of rotatable bonds is 11. The van der Waals surface area contributed by atoms with Gasteiger partial charge in [-0.25, -0.2) is 0 Å². The van der Waals surface area contributed by atoms with Gasteiger partial charge in [-0.2, -0.15) is 0 Å². The number of carbonyl (C=O) groups excluding carboxylic acids is 2. The molecule has 1 atom stereocenters. The summed E-state index contributed by atoms with van der Waals surface area (Å²) in [4.78, 5) is 32.8. The van der Waals surface area contributed by atoms with Gasteiger partial charge in [0.2, 0.25) is 0 Å². The molecule has 3 aromatic carbocycles. The van der Waals surface area contributed by atoms with Crippen molar-refractivity contribution in [3.05, 3.63) is 107 Å². The molecule has 0 aromatic heterocycles. The number of hydrogen-bond donors (Lipinski definition) is 1. The highest BCUT2D eigenvalue weighted by Crippen LogP contribution is 2.34. The Morgan fingerprint density at radius 3 is 2.55 bits per heavy atom. The molecule has 5 rings (SSSR count). The van der Waals surface area contributed by atoms with E-state index in [1.165, 1.54) is 5.56 Å². The molecule has 2 heterocycles. The van der Waals surface area contributed by atoms with Crippen molar-refractivity contribution in [3.63, 3.8) is 0 Å². The van der Waals surface area contributed by atoms with E-state index < -0.39 is 0 Å². The smallest absolute Gasteiger partial charge is 0.256 e. The number of carbonyl (C=O) groups is 2. The summed E-state index contributed by atoms with van der Waals surface area (Å²) in [7, 11) is 0. The highest BCUT2D eigenvalue weighted by Gasteiger charge is 2.36. The Bertz CT molecular complexity index is 1320. The van der Waals surface area contributed by atoms with Gasteiger partial charge in [-0.1, -0.05) is 66.7 Å². The minimum atomic E-state index is -0.289. The lowest BCUT2D eigenvalue weighted by Gasteiger charge is -2.34. The zero-order valence-electron chi connectivity index (χ0n) is 23.2. The maximum atomic E-state index is 13.4. The Balaban J connectivity index is 1.20. The van der Waals surface area contributed by atoms with E-state index in [-0.39, 0.29) is 18.0 Å². The number of piperazine rings is 1. The van der Waals surface area contributed by atoms with E-state index in [0.29, 0.717) is 38.4 Å². The highest BCUT2D eigenvalue weighted by molar-refractivity contribution is 5.99. The zero-order valence-corrected chi connectivity index (χ0v) is 23.2. The van der Waals surface area contributed by atoms with Crippen molar-refractivity contribution in [1.29, 1.82) is 0 Å². The van der Waals surface area contributed by atoms with Crippen LogP contribution in [0.15, 0.2) is 84.9 Å². The number of fused-ring (bicyclic) bond motifs is 1.